The maximum atomic E-state index is 13.2. The van der Waals surface area contributed by atoms with Gasteiger partial charge in [0, 0.05) is 68.2 Å². The third-order valence-electron chi connectivity index (χ3n) is 8.54. The fourth-order valence-electron chi connectivity index (χ4n) is 6.05. The predicted octanol–water partition coefficient (Wildman–Crippen LogP) is 5.69. The van der Waals surface area contributed by atoms with Crippen LogP contribution >= 0.6 is 0 Å². The summed E-state index contributed by atoms with van der Waals surface area (Å²) in [6, 6.07) is 15.6. The van der Waals surface area contributed by atoms with Crippen LogP contribution in [0.3, 0.4) is 0 Å². The van der Waals surface area contributed by atoms with Crippen LogP contribution in [0.5, 0.6) is 0 Å². The molecule has 2 amide bonds. The van der Waals surface area contributed by atoms with Gasteiger partial charge in [-0.05, 0) is 79.1 Å². The Hall–Kier alpha value is -4.54. The number of aryl methyl sites for hydroxylation is 1. The Morgan fingerprint density at radius 3 is 2.56 bits per heavy atom. The van der Waals surface area contributed by atoms with E-state index in [0.717, 1.165) is 53.9 Å². The molecule has 0 spiro atoms. The number of nitrogens with zero attached hydrogens (tertiary/aromatic N) is 6. The summed E-state index contributed by atoms with van der Waals surface area (Å²) in [4.78, 5) is 38.1. The summed E-state index contributed by atoms with van der Waals surface area (Å²) < 4.78 is 39.3. The van der Waals surface area contributed by atoms with Gasteiger partial charge in [0.1, 0.15) is 0 Å². The SMILES string of the molecule is Cc1ccc(CC2CCN(C(=O)c3ccc(Cc4nc5c(C6=CCN(C(=O)CCC(F)(F)F)CC6)cccn5n4)cc3)C2)nc1. The van der Waals surface area contributed by atoms with Crippen molar-refractivity contribution in [3.63, 3.8) is 0 Å². The summed E-state index contributed by atoms with van der Waals surface area (Å²) in [6.45, 7) is 4.12. The van der Waals surface area contributed by atoms with Gasteiger partial charge in [0.2, 0.25) is 5.91 Å². The summed E-state index contributed by atoms with van der Waals surface area (Å²) in [5.74, 6) is 0.592. The monoisotopic (exact) mass is 616 g/mol. The van der Waals surface area contributed by atoms with Crippen LogP contribution in [0.15, 0.2) is 67.0 Å². The van der Waals surface area contributed by atoms with E-state index < -0.39 is 24.9 Å². The highest BCUT2D eigenvalue weighted by molar-refractivity contribution is 5.94. The van der Waals surface area contributed by atoms with E-state index in [1.54, 1.807) is 4.52 Å². The van der Waals surface area contributed by atoms with Crippen LogP contribution in [-0.4, -0.2) is 73.6 Å². The van der Waals surface area contributed by atoms with E-state index in [9.17, 15) is 22.8 Å². The molecule has 4 aromatic rings. The molecule has 0 bridgehead atoms. The number of halogens is 3. The van der Waals surface area contributed by atoms with E-state index in [-0.39, 0.29) is 12.5 Å². The van der Waals surface area contributed by atoms with E-state index in [1.807, 2.05) is 66.7 Å². The topological polar surface area (TPSA) is 83.7 Å². The molecule has 45 heavy (non-hydrogen) atoms. The lowest BCUT2D eigenvalue weighted by Crippen LogP contribution is -2.35. The zero-order valence-corrected chi connectivity index (χ0v) is 25.1. The Bertz CT molecular complexity index is 1710. The molecule has 1 atom stereocenters. The maximum absolute atomic E-state index is 13.2. The molecule has 0 N–H and O–H groups in total. The molecule has 0 aliphatic carbocycles. The number of fused-ring (bicyclic) bond motifs is 1. The second-order valence-electron chi connectivity index (χ2n) is 12.0. The van der Waals surface area contributed by atoms with Crippen molar-refractivity contribution in [2.24, 2.45) is 5.92 Å². The average molecular weight is 617 g/mol. The van der Waals surface area contributed by atoms with Crippen LogP contribution in [0, 0.1) is 12.8 Å². The quantitative estimate of drug-likeness (QED) is 0.254. The second kappa shape index (κ2) is 12.8. The first-order valence-corrected chi connectivity index (χ1v) is 15.3. The van der Waals surface area contributed by atoms with Crippen molar-refractivity contribution in [2.45, 2.75) is 51.6 Å². The smallest absolute Gasteiger partial charge is 0.339 e. The summed E-state index contributed by atoms with van der Waals surface area (Å²) in [6.07, 6.45) is 2.47. The molecule has 6 rings (SSSR count). The lowest BCUT2D eigenvalue weighted by Gasteiger charge is -2.27. The Labute approximate surface area is 259 Å². The van der Waals surface area contributed by atoms with Gasteiger partial charge in [0.05, 0.1) is 6.42 Å². The average Bonchev–Trinajstić information content (AvgIpc) is 3.67. The van der Waals surface area contributed by atoms with Crippen molar-refractivity contribution in [1.82, 2.24) is 29.4 Å². The lowest BCUT2D eigenvalue weighted by atomic mass is 10.00. The fraction of sp³-hybridized carbons (Fsp3) is 0.382. The molecule has 8 nitrogen and oxygen atoms in total. The summed E-state index contributed by atoms with van der Waals surface area (Å²) >= 11 is 0. The van der Waals surface area contributed by atoms with Gasteiger partial charge in [-0.2, -0.15) is 18.3 Å². The normalized spacial score (nSPS) is 17.2. The minimum atomic E-state index is -4.34. The molecule has 1 unspecified atom stereocenters. The highest BCUT2D eigenvalue weighted by Crippen LogP contribution is 2.28. The van der Waals surface area contributed by atoms with Crippen LogP contribution in [0.2, 0.25) is 0 Å². The molecule has 3 aromatic heterocycles. The molecule has 11 heteroatoms. The Morgan fingerprint density at radius 2 is 1.84 bits per heavy atom. The maximum Gasteiger partial charge on any atom is 0.389 e. The van der Waals surface area contributed by atoms with Gasteiger partial charge >= 0.3 is 6.18 Å². The first-order valence-electron chi connectivity index (χ1n) is 15.3. The van der Waals surface area contributed by atoms with Gasteiger partial charge < -0.3 is 9.80 Å². The molecule has 5 heterocycles. The van der Waals surface area contributed by atoms with E-state index in [1.165, 1.54) is 4.90 Å². The number of alkyl halides is 3. The van der Waals surface area contributed by atoms with E-state index >= 15 is 0 Å². The van der Waals surface area contributed by atoms with E-state index in [2.05, 4.69) is 22.2 Å². The molecule has 0 radical (unpaired) electrons. The van der Waals surface area contributed by atoms with Crippen LogP contribution in [-0.2, 0) is 17.6 Å². The van der Waals surface area contributed by atoms with Crippen molar-refractivity contribution >= 4 is 23.0 Å². The van der Waals surface area contributed by atoms with Crippen LogP contribution < -0.4 is 0 Å². The number of amides is 2. The van der Waals surface area contributed by atoms with Gasteiger partial charge in [-0.3, -0.25) is 14.6 Å². The zero-order chi connectivity index (χ0) is 31.6. The minimum absolute atomic E-state index is 0.0396. The van der Waals surface area contributed by atoms with Crippen LogP contribution in [0.1, 0.15) is 64.2 Å². The number of benzene rings is 1. The zero-order valence-electron chi connectivity index (χ0n) is 25.1. The molecule has 1 fully saturated rings. The van der Waals surface area contributed by atoms with Crippen LogP contribution in [0.4, 0.5) is 13.2 Å². The highest BCUT2D eigenvalue weighted by atomic mass is 19.4. The number of pyridine rings is 2. The van der Waals surface area contributed by atoms with Gasteiger partial charge in [0.25, 0.3) is 5.91 Å². The summed E-state index contributed by atoms with van der Waals surface area (Å²) in [7, 11) is 0. The predicted molar refractivity (Wildman–Crippen MR) is 163 cm³/mol. The van der Waals surface area contributed by atoms with Crippen molar-refractivity contribution in [2.75, 3.05) is 26.2 Å². The van der Waals surface area contributed by atoms with Gasteiger partial charge in [-0.15, -0.1) is 0 Å². The largest absolute Gasteiger partial charge is 0.389 e. The second-order valence-corrected chi connectivity index (χ2v) is 12.0. The number of carbonyl (C=O) groups excluding carboxylic acids is 2. The molecule has 2 aliphatic rings. The molecular weight excluding hydrogens is 581 g/mol. The van der Waals surface area contributed by atoms with Crippen molar-refractivity contribution < 1.29 is 22.8 Å². The van der Waals surface area contributed by atoms with E-state index in [4.69, 9.17) is 4.98 Å². The number of aromatic nitrogens is 4. The van der Waals surface area contributed by atoms with Crippen molar-refractivity contribution in [3.05, 3.63) is 101 Å². The number of hydrogen-bond acceptors (Lipinski definition) is 5. The molecule has 2 aliphatic heterocycles. The van der Waals surface area contributed by atoms with Gasteiger partial charge in [-0.1, -0.05) is 24.3 Å². The molecular formula is C34H35F3N6O2. The standard InChI is InChI=1S/C34H35F3N6O2/c1-23-4-9-28(38-21-23)19-25-11-16-42(22-25)33(45)27-7-5-24(6-8-27)20-30-39-32-29(3-2-15-43(32)40-30)26-12-17-41(18-13-26)31(44)10-14-34(35,36)37/h2-9,12,15,21,25H,10-11,13-14,16-20,22H2,1H3. The number of carbonyl (C=O) groups is 2. The number of likely N-dealkylation sites (tertiary alicyclic amines) is 1. The van der Waals surface area contributed by atoms with Gasteiger partial charge in [0.15, 0.2) is 11.5 Å². The minimum Gasteiger partial charge on any atom is -0.339 e. The molecule has 1 saturated heterocycles. The highest BCUT2D eigenvalue weighted by Gasteiger charge is 2.30. The summed E-state index contributed by atoms with van der Waals surface area (Å²) in [5, 5.41) is 4.65. The first kappa shape index (κ1) is 30.5. The Kier molecular flexibility index (Phi) is 8.69. The Balaban J connectivity index is 1.07. The molecule has 1 aromatic carbocycles. The molecule has 0 saturated carbocycles. The van der Waals surface area contributed by atoms with E-state index in [0.29, 0.717) is 42.3 Å². The molecule has 234 valence electrons. The number of hydrogen-bond donors (Lipinski definition) is 0. The number of rotatable bonds is 8. The van der Waals surface area contributed by atoms with Crippen LogP contribution in [0.25, 0.3) is 11.2 Å². The lowest BCUT2D eigenvalue weighted by molar-refractivity contribution is -0.148. The first-order chi connectivity index (χ1) is 21.6. The fourth-order valence-corrected chi connectivity index (χ4v) is 6.05. The third kappa shape index (κ3) is 7.41. The van der Waals surface area contributed by atoms with Crippen molar-refractivity contribution in [1.29, 1.82) is 0 Å². The van der Waals surface area contributed by atoms with Gasteiger partial charge in [-0.25, -0.2) is 9.50 Å². The third-order valence-corrected chi connectivity index (χ3v) is 8.54. The Morgan fingerprint density at radius 1 is 1.02 bits per heavy atom. The van der Waals surface area contributed by atoms with Crippen molar-refractivity contribution in [3.8, 4) is 0 Å². The summed E-state index contributed by atoms with van der Waals surface area (Å²) in [5.41, 5.74) is 6.41.